The zero-order valence-electron chi connectivity index (χ0n) is 11.5. The van der Waals surface area contributed by atoms with Crippen LogP contribution in [0.5, 0.6) is 0 Å². The molecule has 106 valence electrons. The predicted molar refractivity (Wildman–Crippen MR) is 68.6 cm³/mol. The molecule has 0 aromatic heterocycles. The molecule has 0 heterocycles. The van der Waals surface area contributed by atoms with Crippen LogP contribution in [0.3, 0.4) is 0 Å². The number of nitrogens with zero attached hydrogens (tertiary/aromatic N) is 1. The van der Waals surface area contributed by atoms with Gasteiger partial charge in [-0.15, -0.1) is 0 Å². The van der Waals surface area contributed by atoms with E-state index in [9.17, 15) is 0 Å². The summed E-state index contributed by atoms with van der Waals surface area (Å²) < 4.78 is 34.0. The first-order valence-electron chi connectivity index (χ1n) is 6.12. The van der Waals surface area contributed by atoms with Gasteiger partial charge in [0.15, 0.2) is 0 Å². The predicted octanol–water partition coefficient (Wildman–Crippen LogP) is 2.06. The highest BCUT2D eigenvalue weighted by atomic mass is 32.3. The first kappa shape index (κ1) is 19.2. The Balaban J connectivity index is 0. The standard InChI is InChI=1S/C11H26N.H2O4S/c1-5-7-9-11-12(3,4)10-8-6-2;1-5(2,3)4/h5-11H2,1-4H3;(H2,1,2,3,4)/q+1;/p-1. The number of hydrogen-bond acceptors (Lipinski definition) is 3. The van der Waals surface area contributed by atoms with E-state index in [0.717, 1.165) is 0 Å². The summed E-state index contributed by atoms with van der Waals surface area (Å²) in [6.45, 7) is 7.24. The summed E-state index contributed by atoms with van der Waals surface area (Å²) in [4.78, 5) is 0. The minimum absolute atomic E-state index is 1.22. The van der Waals surface area contributed by atoms with Crippen molar-refractivity contribution in [3.05, 3.63) is 0 Å². The van der Waals surface area contributed by atoms with Crippen LogP contribution in [-0.2, 0) is 10.4 Å². The molecule has 0 aliphatic rings. The van der Waals surface area contributed by atoms with Crippen LogP contribution in [0.2, 0.25) is 0 Å². The molecular formula is C11H27NO4S. The second-order valence-corrected chi connectivity index (χ2v) is 5.73. The van der Waals surface area contributed by atoms with E-state index in [1.54, 1.807) is 0 Å². The van der Waals surface area contributed by atoms with Crippen molar-refractivity contribution in [2.75, 3.05) is 27.2 Å². The summed E-state index contributed by atoms with van der Waals surface area (Å²) in [7, 11) is -0.212. The molecular weight excluding hydrogens is 242 g/mol. The molecule has 0 radical (unpaired) electrons. The summed E-state index contributed by atoms with van der Waals surface area (Å²) >= 11 is 0. The third-order valence-electron chi connectivity index (χ3n) is 2.48. The van der Waals surface area contributed by atoms with Crippen LogP contribution in [-0.4, -0.2) is 49.2 Å². The molecule has 0 rings (SSSR count). The minimum Gasteiger partial charge on any atom is -0.726 e. The van der Waals surface area contributed by atoms with Gasteiger partial charge in [-0.2, -0.15) is 0 Å². The van der Waals surface area contributed by atoms with E-state index < -0.39 is 10.4 Å². The van der Waals surface area contributed by atoms with Crippen molar-refractivity contribution >= 4 is 10.4 Å². The van der Waals surface area contributed by atoms with E-state index in [4.69, 9.17) is 17.5 Å². The second kappa shape index (κ2) is 9.82. The molecule has 0 amide bonds. The SMILES string of the molecule is CCCCC[N+](C)(C)CCCC.O=S(=O)([O-])O. The Morgan fingerprint density at radius 1 is 1.00 bits per heavy atom. The van der Waals surface area contributed by atoms with Gasteiger partial charge < -0.3 is 9.04 Å². The molecule has 0 aliphatic carbocycles. The van der Waals surface area contributed by atoms with Gasteiger partial charge in [0.1, 0.15) is 0 Å². The molecule has 0 fully saturated rings. The molecule has 0 atom stereocenters. The van der Waals surface area contributed by atoms with Gasteiger partial charge in [0, 0.05) is 0 Å². The maximum Gasteiger partial charge on any atom is 0.215 e. The molecule has 0 saturated heterocycles. The summed E-state index contributed by atoms with van der Waals surface area (Å²) in [5, 5.41) is 0. The summed E-state index contributed by atoms with van der Waals surface area (Å²) in [6.07, 6.45) is 6.84. The van der Waals surface area contributed by atoms with Gasteiger partial charge in [-0.05, 0) is 19.3 Å². The van der Waals surface area contributed by atoms with Gasteiger partial charge >= 0.3 is 0 Å². The number of hydrogen-bond donors (Lipinski definition) is 1. The molecule has 0 unspecified atom stereocenters. The first-order valence-corrected chi connectivity index (χ1v) is 7.49. The van der Waals surface area contributed by atoms with E-state index in [0.29, 0.717) is 0 Å². The number of quaternary nitrogens is 1. The average molecular weight is 269 g/mol. The molecule has 0 aliphatic heterocycles. The Hall–Kier alpha value is -0.170. The fourth-order valence-electron chi connectivity index (χ4n) is 1.49. The highest BCUT2D eigenvalue weighted by Crippen LogP contribution is 2.05. The highest BCUT2D eigenvalue weighted by Gasteiger charge is 2.12. The monoisotopic (exact) mass is 269 g/mol. The Kier molecular flexibility index (Phi) is 11.1. The van der Waals surface area contributed by atoms with Crippen LogP contribution in [0.1, 0.15) is 46.0 Å². The van der Waals surface area contributed by atoms with Crippen molar-refractivity contribution in [2.45, 2.75) is 46.0 Å². The van der Waals surface area contributed by atoms with Gasteiger partial charge in [0.2, 0.25) is 10.4 Å². The molecule has 6 heteroatoms. The Morgan fingerprint density at radius 3 is 1.71 bits per heavy atom. The Bertz CT molecular complexity index is 255. The number of rotatable bonds is 7. The van der Waals surface area contributed by atoms with E-state index >= 15 is 0 Å². The van der Waals surface area contributed by atoms with Crippen molar-refractivity contribution < 1.29 is 22.0 Å². The van der Waals surface area contributed by atoms with Crippen LogP contribution < -0.4 is 0 Å². The Morgan fingerprint density at radius 2 is 1.35 bits per heavy atom. The molecule has 0 spiro atoms. The third-order valence-corrected chi connectivity index (χ3v) is 2.48. The van der Waals surface area contributed by atoms with Crippen molar-refractivity contribution in [3.63, 3.8) is 0 Å². The van der Waals surface area contributed by atoms with Crippen LogP contribution in [0.25, 0.3) is 0 Å². The fourth-order valence-corrected chi connectivity index (χ4v) is 1.49. The van der Waals surface area contributed by atoms with Crippen LogP contribution >= 0.6 is 0 Å². The van der Waals surface area contributed by atoms with Gasteiger partial charge in [-0.25, -0.2) is 8.42 Å². The van der Waals surface area contributed by atoms with Crippen molar-refractivity contribution in [2.24, 2.45) is 0 Å². The van der Waals surface area contributed by atoms with Gasteiger partial charge in [-0.1, -0.05) is 26.7 Å². The van der Waals surface area contributed by atoms with E-state index in [2.05, 4.69) is 27.9 Å². The maximum absolute atomic E-state index is 8.63. The highest BCUT2D eigenvalue weighted by molar-refractivity contribution is 7.79. The molecule has 0 aromatic carbocycles. The van der Waals surface area contributed by atoms with E-state index in [1.165, 1.54) is 49.7 Å². The zero-order chi connectivity index (χ0) is 13.9. The zero-order valence-corrected chi connectivity index (χ0v) is 12.3. The van der Waals surface area contributed by atoms with Crippen molar-refractivity contribution in [3.8, 4) is 0 Å². The first-order chi connectivity index (χ1) is 7.62. The van der Waals surface area contributed by atoms with Gasteiger partial charge in [0.05, 0.1) is 27.2 Å². The Labute approximate surface area is 106 Å². The smallest absolute Gasteiger partial charge is 0.215 e. The topological polar surface area (TPSA) is 77.4 Å². The largest absolute Gasteiger partial charge is 0.726 e. The lowest BCUT2D eigenvalue weighted by atomic mass is 10.2. The van der Waals surface area contributed by atoms with E-state index in [1.807, 2.05) is 0 Å². The van der Waals surface area contributed by atoms with Crippen molar-refractivity contribution in [1.29, 1.82) is 0 Å². The number of unbranched alkanes of at least 4 members (excludes halogenated alkanes) is 3. The molecule has 0 bridgehead atoms. The average Bonchev–Trinajstić information content (AvgIpc) is 2.12. The minimum atomic E-state index is -4.92. The van der Waals surface area contributed by atoms with Crippen molar-refractivity contribution in [1.82, 2.24) is 0 Å². The molecule has 5 nitrogen and oxygen atoms in total. The lowest BCUT2D eigenvalue weighted by molar-refractivity contribution is -0.890. The summed E-state index contributed by atoms with van der Waals surface area (Å²) in [5.41, 5.74) is 0. The lowest BCUT2D eigenvalue weighted by Gasteiger charge is -2.29. The maximum atomic E-state index is 8.63. The fraction of sp³-hybridized carbons (Fsp3) is 1.00. The molecule has 17 heavy (non-hydrogen) atoms. The molecule has 0 saturated carbocycles. The van der Waals surface area contributed by atoms with Gasteiger partial charge in [0.25, 0.3) is 0 Å². The van der Waals surface area contributed by atoms with Crippen LogP contribution in [0, 0.1) is 0 Å². The summed E-state index contributed by atoms with van der Waals surface area (Å²) in [6, 6.07) is 0. The van der Waals surface area contributed by atoms with Crippen LogP contribution in [0.4, 0.5) is 0 Å². The quantitative estimate of drug-likeness (QED) is 0.332. The third kappa shape index (κ3) is 25.8. The van der Waals surface area contributed by atoms with Crippen LogP contribution in [0.15, 0.2) is 0 Å². The summed E-state index contributed by atoms with van der Waals surface area (Å²) in [5.74, 6) is 0. The lowest BCUT2D eigenvalue weighted by Crippen LogP contribution is -2.41. The molecule has 0 aromatic rings. The second-order valence-electron chi connectivity index (χ2n) is 4.87. The molecule has 1 N–H and O–H groups in total. The van der Waals surface area contributed by atoms with E-state index in [-0.39, 0.29) is 0 Å². The normalized spacial score (nSPS) is 11.9. The van der Waals surface area contributed by atoms with Gasteiger partial charge in [-0.3, -0.25) is 4.55 Å².